The fourth-order valence-electron chi connectivity index (χ4n) is 2.85. The maximum Gasteiger partial charge on any atom is 0.0587 e. The van der Waals surface area contributed by atoms with E-state index in [2.05, 4.69) is 24.1 Å². The summed E-state index contributed by atoms with van der Waals surface area (Å²) >= 11 is 0. The van der Waals surface area contributed by atoms with Gasteiger partial charge in [-0.25, -0.2) is 0 Å². The summed E-state index contributed by atoms with van der Waals surface area (Å²) in [6.45, 7) is 8.87. The van der Waals surface area contributed by atoms with Gasteiger partial charge in [0, 0.05) is 32.3 Å². The molecule has 0 bridgehead atoms. The first-order valence-electron chi connectivity index (χ1n) is 7.25. The van der Waals surface area contributed by atoms with Crippen molar-refractivity contribution in [2.75, 3.05) is 33.4 Å². The summed E-state index contributed by atoms with van der Waals surface area (Å²) in [5.41, 5.74) is 0. The molecule has 3 nitrogen and oxygen atoms in total. The quantitative estimate of drug-likeness (QED) is 0.661. The average Bonchev–Trinajstić information content (AvgIpc) is 2.35. The third-order valence-electron chi connectivity index (χ3n) is 3.81. The zero-order valence-electron chi connectivity index (χ0n) is 11.9. The van der Waals surface area contributed by atoms with Crippen LogP contribution in [0, 0.1) is 0 Å². The Bertz CT molecular complexity index is 187. The summed E-state index contributed by atoms with van der Waals surface area (Å²) in [5.74, 6) is 0. The highest BCUT2D eigenvalue weighted by atomic mass is 16.5. The molecule has 1 rings (SSSR count). The van der Waals surface area contributed by atoms with Gasteiger partial charge in [0.05, 0.1) is 6.61 Å². The van der Waals surface area contributed by atoms with Gasteiger partial charge in [-0.15, -0.1) is 0 Å². The zero-order valence-corrected chi connectivity index (χ0v) is 11.9. The molecular weight excluding hydrogens is 212 g/mol. The molecule has 0 aromatic carbocycles. The van der Waals surface area contributed by atoms with Crippen molar-refractivity contribution in [3.05, 3.63) is 0 Å². The number of methoxy groups -OCH3 is 1. The molecule has 0 saturated carbocycles. The number of nitrogens with one attached hydrogen (secondary N) is 1. The van der Waals surface area contributed by atoms with E-state index in [4.69, 9.17) is 4.74 Å². The fourth-order valence-corrected chi connectivity index (χ4v) is 2.85. The van der Waals surface area contributed by atoms with Gasteiger partial charge in [0.2, 0.25) is 0 Å². The van der Waals surface area contributed by atoms with Crippen LogP contribution in [0.1, 0.15) is 46.0 Å². The summed E-state index contributed by atoms with van der Waals surface area (Å²) in [5, 5.41) is 3.52. The third kappa shape index (κ3) is 5.36. The molecule has 0 radical (unpaired) electrons. The van der Waals surface area contributed by atoms with Crippen LogP contribution >= 0.6 is 0 Å². The molecule has 1 aliphatic heterocycles. The van der Waals surface area contributed by atoms with Crippen molar-refractivity contribution in [3.8, 4) is 0 Å². The van der Waals surface area contributed by atoms with E-state index in [1.807, 2.05) is 0 Å². The molecule has 0 aromatic rings. The number of rotatable bonds is 8. The number of piperidine rings is 1. The van der Waals surface area contributed by atoms with Gasteiger partial charge in [0.1, 0.15) is 0 Å². The van der Waals surface area contributed by atoms with E-state index in [9.17, 15) is 0 Å². The van der Waals surface area contributed by atoms with Crippen LogP contribution in [0.4, 0.5) is 0 Å². The molecule has 1 aliphatic rings. The van der Waals surface area contributed by atoms with Gasteiger partial charge in [0.25, 0.3) is 0 Å². The summed E-state index contributed by atoms with van der Waals surface area (Å²) in [7, 11) is 1.76. The van der Waals surface area contributed by atoms with Gasteiger partial charge in [-0.05, 0) is 32.7 Å². The highest BCUT2D eigenvalue weighted by Crippen LogP contribution is 2.21. The first kappa shape index (κ1) is 14.9. The minimum Gasteiger partial charge on any atom is -0.383 e. The molecule has 0 amide bonds. The van der Waals surface area contributed by atoms with Crippen LogP contribution in [-0.2, 0) is 4.74 Å². The smallest absolute Gasteiger partial charge is 0.0587 e. The number of ether oxygens (including phenoxy) is 1. The molecule has 0 spiro atoms. The lowest BCUT2D eigenvalue weighted by Gasteiger charge is -2.40. The van der Waals surface area contributed by atoms with Crippen LogP contribution in [0.2, 0.25) is 0 Å². The van der Waals surface area contributed by atoms with Gasteiger partial charge < -0.3 is 10.1 Å². The van der Waals surface area contributed by atoms with Gasteiger partial charge in [-0.3, -0.25) is 4.90 Å². The van der Waals surface area contributed by atoms with Crippen molar-refractivity contribution in [2.24, 2.45) is 0 Å². The molecule has 1 saturated heterocycles. The average molecular weight is 242 g/mol. The molecule has 1 N–H and O–H groups in total. The Kier molecular flexibility index (Phi) is 7.82. The largest absolute Gasteiger partial charge is 0.383 e. The lowest BCUT2D eigenvalue weighted by molar-refractivity contribution is 0.0948. The maximum absolute atomic E-state index is 5.07. The van der Waals surface area contributed by atoms with Crippen molar-refractivity contribution >= 4 is 0 Å². The molecule has 2 unspecified atom stereocenters. The van der Waals surface area contributed by atoms with E-state index in [1.165, 1.54) is 38.6 Å². The first-order valence-corrected chi connectivity index (χ1v) is 7.25. The second-order valence-corrected chi connectivity index (χ2v) is 5.22. The first-order chi connectivity index (χ1) is 8.29. The highest BCUT2D eigenvalue weighted by Gasteiger charge is 2.25. The molecule has 0 aliphatic carbocycles. The Balaban J connectivity index is 2.31. The summed E-state index contributed by atoms with van der Waals surface area (Å²) in [6.07, 6.45) is 6.75. The van der Waals surface area contributed by atoms with Gasteiger partial charge >= 0.3 is 0 Å². The second kappa shape index (κ2) is 8.90. The summed E-state index contributed by atoms with van der Waals surface area (Å²) < 4.78 is 5.07. The number of hydrogen-bond acceptors (Lipinski definition) is 3. The standard InChI is InChI=1S/C14H30N2O/c1-4-7-13(2)16-10-6-5-8-14(16)12-15-9-11-17-3/h13-15H,4-12H2,1-3H3. The van der Waals surface area contributed by atoms with Gasteiger partial charge in [-0.1, -0.05) is 19.8 Å². The molecule has 2 atom stereocenters. The lowest BCUT2D eigenvalue weighted by atomic mass is 9.98. The molecule has 1 fully saturated rings. The summed E-state index contributed by atoms with van der Waals surface area (Å²) in [6, 6.07) is 1.48. The van der Waals surface area contributed by atoms with Crippen LogP contribution in [0.5, 0.6) is 0 Å². The van der Waals surface area contributed by atoms with E-state index in [-0.39, 0.29) is 0 Å². The Morgan fingerprint density at radius 1 is 1.41 bits per heavy atom. The van der Waals surface area contributed by atoms with Gasteiger partial charge in [0.15, 0.2) is 0 Å². The van der Waals surface area contributed by atoms with E-state index in [1.54, 1.807) is 7.11 Å². The molecule has 17 heavy (non-hydrogen) atoms. The van der Waals surface area contributed by atoms with Gasteiger partial charge in [-0.2, -0.15) is 0 Å². The van der Waals surface area contributed by atoms with Crippen LogP contribution in [0.25, 0.3) is 0 Å². The van der Waals surface area contributed by atoms with Crippen molar-refractivity contribution in [3.63, 3.8) is 0 Å². The van der Waals surface area contributed by atoms with Crippen LogP contribution in [-0.4, -0.2) is 50.3 Å². The lowest BCUT2D eigenvalue weighted by Crippen LogP contribution is -2.49. The third-order valence-corrected chi connectivity index (χ3v) is 3.81. The predicted molar refractivity (Wildman–Crippen MR) is 73.5 cm³/mol. The van der Waals surface area contributed by atoms with E-state index in [0.717, 1.165) is 31.8 Å². The van der Waals surface area contributed by atoms with Crippen molar-refractivity contribution in [1.82, 2.24) is 10.2 Å². The Labute approximate surface area is 107 Å². The fraction of sp³-hybridized carbons (Fsp3) is 1.00. The minimum atomic E-state index is 0.738. The van der Waals surface area contributed by atoms with Crippen LogP contribution in [0.3, 0.4) is 0 Å². The Hall–Kier alpha value is -0.120. The van der Waals surface area contributed by atoms with E-state index >= 15 is 0 Å². The van der Waals surface area contributed by atoms with E-state index in [0.29, 0.717) is 0 Å². The molecular formula is C14H30N2O. The molecule has 0 aromatic heterocycles. The monoisotopic (exact) mass is 242 g/mol. The van der Waals surface area contributed by atoms with Crippen molar-refractivity contribution < 1.29 is 4.74 Å². The number of likely N-dealkylation sites (tertiary alicyclic amines) is 1. The highest BCUT2D eigenvalue weighted by molar-refractivity contribution is 4.82. The number of nitrogens with zero attached hydrogens (tertiary/aromatic N) is 1. The second-order valence-electron chi connectivity index (χ2n) is 5.22. The number of hydrogen-bond donors (Lipinski definition) is 1. The topological polar surface area (TPSA) is 24.5 Å². The van der Waals surface area contributed by atoms with E-state index < -0.39 is 0 Å². The van der Waals surface area contributed by atoms with Crippen molar-refractivity contribution in [2.45, 2.75) is 58.0 Å². The Morgan fingerprint density at radius 3 is 2.94 bits per heavy atom. The van der Waals surface area contributed by atoms with Crippen LogP contribution < -0.4 is 5.32 Å². The maximum atomic E-state index is 5.07. The zero-order chi connectivity index (χ0) is 12.5. The van der Waals surface area contributed by atoms with Crippen LogP contribution in [0.15, 0.2) is 0 Å². The normalized spacial score (nSPS) is 23.8. The molecule has 1 heterocycles. The molecule has 3 heteroatoms. The SMILES string of the molecule is CCCC(C)N1CCCCC1CNCCOC. The minimum absolute atomic E-state index is 0.738. The Morgan fingerprint density at radius 2 is 2.24 bits per heavy atom. The molecule has 102 valence electrons. The predicted octanol–water partition coefficient (Wildman–Crippen LogP) is 2.27. The van der Waals surface area contributed by atoms with Crippen molar-refractivity contribution in [1.29, 1.82) is 0 Å². The summed E-state index contributed by atoms with van der Waals surface area (Å²) in [4.78, 5) is 2.72.